The van der Waals surface area contributed by atoms with E-state index >= 15 is 0 Å². The molecule has 0 aromatic rings. The smallest absolute Gasteiger partial charge is 0.405 e. The standard InChI is InChI=1S/C34H48N4O10/c1-19-15-23-29(40)27(24(30(41)32(23)46-7)18-36-38-11-13-47-14-12-38)37-33(42)20(2)9-8-10-25(44-5)31(48-34(35)43)22(4)17-21(3)28(39)26(16-19)45-6/h8-10,17-19,21,25-26,28,31,39H,11-16H2,1-7H3,(H2,35,43)(H,37,42)/b10-8+,20-9-,22-17+,36-18+. The molecule has 3 rings (SSSR count). The van der Waals surface area contributed by atoms with Crippen molar-refractivity contribution in [3.05, 3.63) is 58.1 Å². The van der Waals surface area contributed by atoms with Gasteiger partial charge in [0.2, 0.25) is 11.6 Å². The summed E-state index contributed by atoms with van der Waals surface area (Å²) < 4.78 is 27.5. The summed E-state index contributed by atoms with van der Waals surface area (Å²) in [6.45, 7) is 8.82. The highest BCUT2D eigenvalue weighted by Gasteiger charge is 2.38. The van der Waals surface area contributed by atoms with Gasteiger partial charge in [0.05, 0.1) is 57.4 Å². The minimum Gasteiger partial charge on any atom is -0.492 e. The van der Waals surface area contributed by atoms with Gasteiger partial charge < -0.3 is 39.8 Å². The van der Waals surface area contributed by atoms with Crippen molar-refractivity contribution in [2.45, 2.75) is 65.0 Å². The van der Waals surface area contributed by atoms with E-state index in [1.165, 1.54) is 40.5 Å². The molecule has 6 atom stereocenters. The van der Waals surface area contributed by atoms with Crippen LogP contribution < -0.4 is 11.1 Å². The van der Waals surface area contributed by atoms with E-state index in [0.717, 1.165) is 0 Å². The molecule has 2 bridgehead atoms. The third kappa shape index (κ3) is 9.72. The lowest BCUT2D eigenvalue weighted by Gasteiger charge is -2.30. The van der Waals surface area contributed by atoms with Crippen molar-refractivity contribution in [3.8, 4) is 0 Å². The third-order valence-corrected chi connectivity index (χ3v) is 8.48. The molecule has 1 aliphatic carbocycles. The van der Waals surface area contributed by atoms with Gasteiger partial charge in [0.1, 0.15) is 11.8 Å². The number of hydrazone groups is 1. The second kappa shape index (κ2) is 17.9. The van der Waals surface area contributed by atoms with Crippen LogP contribution in [-0.2, 0) is 38.1 Å². The Hall–Kier alpha value is -4.11. The van der Waals surface area contributed by atoms with Crippen LogP contribution in [-0.4, -0.2) is 112 Å². The van der Waals surface area contributed by atoms with Gasteiger partial charge in [-0.2, -0.15) is 5.10 Å². The van der Waals surface area contributed by atoms with Crippen LogP contribution in [0.25, 0.3) is 0 Å². The number of allylic oxidation sites excluding steroid dienone is 4. The number of nitrogens with zero attached hydrogens (tertiary/aromatic N) is 2. The first-order valence-electron chi connectivity index (χ1n) is 15.8. The number of Topliss-reactive ketones (excluding diaryl/α,β-unsaturated/α-hetero) is 2. The topological polar surface area (TPSA) is 188 Å². The predicted molar refractivity (Wildman–Crippen MR) is 176 cm³/mol. The number of rotatable bonds is 6. The van der Waals surface area contributed by atoms with E-state index in [2.05, 4.69) is 10.4 Å². The van der Waals surface area contributed by atoms with Crippen molar-refractivity contribution < 1.29 is 48.0 Å². The second-order valence-corrected chi connectivity index (χ2v) is 12.1. The largest absolute Gasteiger partial charge is 0.492 e. The zero-order chi connectivity index (χ0) is 35.5. The van der Waals surface area contributed by atoms with Crippen LogP contribution in [0.15, 0.2) is 63.2 Å². The van der Waals surface area contributed by atoms with Gasteiger partial charge >= 0.3 is 6.09 Å². The van der Waals surface area contributed by atoms with E-state index in [1.807, 2.05) is 6.92 Å². The maximum Gasteiger partial charge on any atom is 0.405 e. The predicted octanol–water partition coefficient (Wildman–Crippen LogP) is 2.10. The number of nitrogens with one attached hydrogen (secondary N) is 1. The van der Waals surface area contributed by atoms with E-state index in [-0.39, 0.29) is 40.5 Å². The fraction of sp³-hybridized carbons (Fsp3) is 0.559. The molecule has 0 aromatic heterocycles. The average Bonchev–Trinajstić information content (AvgIpc) is 3.06. The number of ether oxygens (including phenoxy) is 5. The first kappa shape index (κ1) is 38.3. The first-order chi connectivity index (χ1) is 22.8. The summed E-state index contributed by atoms with van der Waals surface area (Å²) in [7, 11) is 4.22. The summed E-state index contributed by atoms with van der Waals surface area (Å²) in [6, 6.07) is 0. The molecule has 4 N–H and O–H groups in total. The Bertz CT molecular complexity index is 1410. The van der Waals surface area contributed by atoms with Crippen molar-refractivity contribution in [3.63, 3.8) is 0 Å². The molecule has 0 saturated carbocycles. The molecule has 2 heterocycles. The summed E-state index contributed by atoms with van der Waals surface area (Å²) in [5.74, 6) is -2.70. The molecule has 6 unspecified atom stereocenters. The van der Waals surface area contributed by atoms with Crippen LogP contribution >= 0.6 is 0 Å². The molecule has 1 saturated heterocycles. The molecular formula is C34H48N4O10. The maximum atomic E-state index is 14.1. The van der Waals surface area contributed by atoms with Gasteiger partial charge in [-0.25, -0.2) is 4.79 Å². The van der Waals surface area contributed by atoms with E-state index in [0.29, 0.717) is 38.3 Å². The Morgan fingerprint density at radius 3 is 2.40 bits per heavy atom. The van der Waals surface area contributed by atoms with Crippen LogP contribution in [0.2, 0.25) is 0 Å². The van der Waals surface area contributed by atoms with Crippen molar-refractivity contribution in [2.24, 2.45) is 22.7 Å². The number of carbonyl (C=O) groups is 4. The summed E-state index contributed by atoms with van der Waals surface area (Å²) in [5.41, 5.74) is 5.91. The molecule has 14 nitrogen and oxygen atoms in total. The number of ketones is 2. The molecule has 3 aliphatic rings. The van der Waals surface area contributed by atoms with E-state index in [4.69, 9.17) is 29.4 Å². The minimum atomic E-state index is -1.01. The van der Waals surface area contributed by atoms with Crippen LogP contribution in [0, 0.1) is 11.8 Å². The third-order valence-electron chi connectivity index (χ3n) is 8.48. The normalized spacial score (nSPS) is 31.6. The van der Waals surface area contributed by atoms with E-state index < -0.39 is 53.9 Å². The lowest BCUT2D eigenvalue weighted by Crippen LogP contribution is -2.38. The van der Waals surface area contributed by atoms with Gasteiger partial charge in [-0.3, -0.25) is 19.4 Å². The van der Waals surface area contributed by atoms with Crippen LogP contribution in [0.1, 0.15) is 40.5 Å². The first-order valence-corrected chi connectivity index (χ1v) is 15.8. The molecule has 0 radical (unpaired) electrons. The summed E-state index contributed by atoms with van der Waals surface area (Å²) >= 11 is 0. The van der Waals surface area contributed by atoms with Crippen molar-refractivity contribution in [1.29, 1.82) is 0 Å². The SMILES string of the molecule is COC1=C2CC(C)CC(OC)C(O)C(C)/C=C(\C)C(OC(N)=O)C(OC)/C=C/C=C(/C)C(=O)NC(=C(/C=N/N3CCOCC3)C1=O)C2=O. The number of hydrogen-bond donors (Lipinski definition) is 3. The summed E-state index contributed by atoms with van der Waals surface area (Å²) in [5, 5.41) is 20.1. The quantitative estimate of drug-likeness (QED) is 0.213. The highest BCUT2D eigenvalue weighted by molar-refractivity contribution is 6.32. The zero-order valence-electron chi connectivity index (χ0n) is 28.7. The highest BCUT2D eigenvalue weighted by atomic mass is 16.6. The van der Waals surface area contributed by atoms with Crippen LogP contribution in [0.3, 0.4) is 0 Å². The summed E-state index contributed by atoms with van der Waals surface area (Å²) in [4.78, 5) is 53.2. The highest BCUT2D eigenvalue weighted by Crippen LogP contribution is 2.31. The molecule has 0 spiro atoms. The number of hydrogen-bond acceptors (Lipinski definition) is 12. The molecular weight excluding hydrogens is 624 g/mol. The van der Waals surface area contributed by atoms with Crippen molar-refractivity contribution in [2.75, 3.05) is 47.6 Å². The van der Waals surface area contributed by atoms with Gasteiger partial charge in [-0.05, 0) is 38.2 Å². The van der Waals surface area contributed by atoms with E-state index in [9.17, 15) is 24.3 Å². The maximum absolute atomic E-state index is 14.1. The van der Waals surface area contributed by atoms with Crippen molar-refractivity contribution in [1.82, 2.24) is 10.3 Å². The fourth-order valence-corrected chi connectivity index (χ4v) is 5.80. The van der Waals surface area contributed by atoms with Crippen LogP contribution in [0.5, 0.6) is 0 Å². The van der Waals surface area contributed by atoms with Gasteiger partial charge in [-0.15, -0.1) is 0 Å². The van der Waals surface area contributed by atoms with E-state index in [1.54, 1.807) is 37.1 Å². The lowest BCUT2D eigenvalue weighted by atomic mass is 9.84. The number of carbonyl (C=O) groups excluding carboxylic acids is 4. The Labute approximate surface area is 281 Å². The molecule has 264 valence electrons. The molecule has 48 heavy (non-hydrogen) atoms. The number of primary amides is 1. The molecule has 1 fully saturated rings. The van der Waals surface area contributed by atoms with Gasteiger partial charge in [0.25, 0.3) is 5.91 Å². The molecule has 14 heteroatoms. The summed E-state index contributed by atoms with van der Waals surface area (Å²) in [6.07, 6.45) is 3.60. The lowest BCUT2D eigenvalue weighted by molar-refractivity contribution is -0.121. The molecule has 2 amide bonds. The molecule has 2 aliphatic heterocycles. The average molecular weight is 673 g/mol. The van der Waals surface area contributed by atoms with Gasteiger partial charge in [-0.1, -0.05) is 38.2 Å². The minimum absolute atomic E-state index is 0.0933. The number of amides is 2. The number of aliphatic hydroxyl groups is 1. The molecule has 0 aromatic carbocycles. The number of fused-ring (bicyclic) bond motifs is 2. The number of aliphatic hydroxyl groups excluding tert-OH is 1. The Morgan fingerprint density at radius 2 is 1.79 bits per heavy atom. The fourth-order valence-electron chi connectivity index (χ4n) is 5.80. The Morgan fingerprint density at radius 1 is 1.10 bits per heavy atom. The monoisotopic (exact) mass is 672 g/mol. The second-order valence-electron chi connectivity index (χ2n) is 12.1. The zero-order valence-corrected chi connectivity index (χ0v) is 28.7. The van der Waals surface area contributed by atoms with Crippen LogP contribution in [0.4, 0.5) is 4.79 Å². The van der Waals surface area contributed by atoms with Gasteiger partial charge in [0, 0.05) is 31.3 Å². The number of nitrogens with two attached hydrogens (primary N) is 1. The van der Waals surface area contributed by atoms with Crippen molar-refractivity contribution >= 4 is 29.8 Å². The number of morpholine rings is 1. The Balaban J connectivity index is 2.15. The number of methoxy groups -OCH3 is 3. The Kier molecular flexibility index (Phi) is 14.3. The van der Waals surface area contributed by atoms with Gasteiger partial charge in [0.15, 0.2) is 11.9 Å².